The van der Waals surface area contributed by atoms with Gasteiger partial charge in [-0.2, -0.15) is 0 Å². The number of nitrogens with zero attached hydrogens (tertiary/aromatic N) is 3. The Morgan fingerprint density at radius 1 is 1.32 bits per heavy atom. The zero-order chi connectivity index (χ0) is 17.6. The van der Waals surface area contributed by atoms with Crippen molar-refractivity contribution in [2.45, 2.75) is 32.4 Å². The predicted octanol–water partition coefficient (Wildman–Crippen LogP) is 2.41. The number of nitrogens with one attached hydrogen (secondary N) is 2. The van der Waals surface area contributed by atoms with Crippen LogP contribution >= 0.6 is 0 Å². The summed E-state index contributed by atoms with van der Waals surface area (Å²) in [6.45, 7) is 4.73. The summed E-state index contributed by atoms with van der Waals surface area (Å²) in [7, 11) is 3.96. The van der Waals surface area contributed by atoms with Crippen molar-refractivity contribution in [3.8, 4) is 11.5 Å². The summed E-state index contributed by atoms with van der Waals surface area (Å²) < 4.78 is 5.59. The van der Waals surface area contributed by atoms with Crippen LogP contribution in [0.3, 0.4) is 0 Å². The Bertz CT molecular complexity index is 707. The summed E-state index contributed by atoms with van der Waals surface area (Å²) >= 11 is 0. The van der Waals surface area contributed by atoms with Crippen LogP contribution in [0.5, 0.6) is 0 Å². The molecule has 1 aliphatic heterocycles. The second-order valence-electron chi connectivity index (χ2n) is 6.59. The average Bonchev–Trinajstić information content (AvgIpc) is 3.25. The molecule has 1 aromatic carbocycles. The van der Waals surface area contributed by atoms with Crippen molar-refractivity contribution >= 4 is 5.96 Å². The van der Waals surface area contributed by atoms with Crippen molar-refractivity contribution in [2.24, 2.45) is 4.99 Å². The van der Waals surface area contributed by atoms with E-state index in [1.54, 1.807) is 13.3 Å². The first-order valence-electron chi connectivity index (χ1n) is 8.82. The van der Waals surface area contributed by atoms with Crippen molar-refractivity contribution in [1.29, 1.82) is 0 Å². The molecule has 1 fully saturated rings. The van der Waals surface area contributed by atoms with E-state index in [1.807, 2.05) is 12.1 Å². The number of rotatable bonds is 5. The first-order chi connectivity index (χ1) is 12.2. The molecule has 0 radical (unpaired) electrons. The van der Waals surface area contributed by atoms with Crippen molar-refractivity contribution in [2.75, 3.05) is 27.2 Å². The molecular weight excluding hydrogens is 314 g/mol. The van der Waals surface area contributed by atoms with E-state index in [0.717, 1.165) is 23.8 Å². The highest BCUT2D eigenvalue weighted by Crippen LogP contribution is 2.19. The van der Waals surface area contributed by atoms with Crippen LogP contribution in [0.2, 0.25) is 0 Å². The molecule has 6 heteroatoms. The molecule has 2 heterocycles. The molecule has 25 heavy (non-hydrogen) atoms. The molecule has 3 rings (SSSR count). The molecule has 1 unspecified atom stereocenters. The van der Waals surface area contributed by atoms with Crippen LogP contribution in [0.1, 0.15) is 24.1 Å². The van der Waals surface area contributed by atoms with E-state index in [4.69, 9.17) is 4.42 Å². The van der Waals surface area contributed by atoms with Gasteiger partial charge in [-0.1, -0.05) is 17.7 Å². The van der Waals surface area contributed by atoms with Gasteiger partial charge in [-0.3, -0.25) is 4.99 Å². The Hall–Kier alpha value is -2.34. The van der Waals surface area contributed by atoms with Crippen molar-refractivity contribution < 1.29 is 4.42 Å². The Kier molecular flexibility index (Phi) is 5.71. The SMILES string of the molecule is CN=C(NCc1coc(-c2ccc(C)cc2)n1)NCC1CCCN1C. The molecule has 2 aromatic rings. The molecule has 0 amide bonds. The highest BCUT2D eigenvalue weighted by molar-refractivity contribution is 5.79. The lowest BCUT2D eigenvalue weighted by molar-refractivity contribution is 0.309. The average molecular weight is 341 g/mol. The quantitative estimate of drug-likeness (QED) is 0.646. The van der Waals surface area contributed by atoms with E-state index in [0.29, 0.717) is 18.5 Å². The highest BCUT2D eigenvalue weighted by atomic mass is 16.3. The molecule has 134 valence electrons. The van der Waals surface area contributed by atoms with Gasteiger partial charge in [-0.15, -0.1) is 0 Å². The van der Waals surface area contributed by atoms with E-state index in [-0.39, 0.29) is 0 Å². The minimum atomic E-state index is 0.579. The minimum absolute atomic E-state index is 0.579. The maximum atomic E-state index is 5.59. The number of likely N-dealkylation sites (tertiary alicyclic amines) is 1. The van der Waals surface area contributed by atoms with Crippen LogP contribution in [0.25, 0.3) is 11.5 Å². The fraction of sp³-hybridized carbons (Fsp3) is 0.474. The molecule has 1 aromatic heterocycles. The van der Waals surface area contributed by atoms with Gasteiger partial charge in [0, 0.05) is 25.2 Å². The Morgan fingerprint density at radius 2 is 2.12 bits per heavy atom. The normalized spacial score (nSPS) is 18.5. The second kappa shape index (κ2) is 8.16. The highest BCUT2D eigenvalue weighted by Gasteiger charge is 2.20. The number of aliphatic imine (C=N–C) groups is 1. The number of guanidine groups is 1. The van der Waals surface area contributed by atoms with Crippen molar-refractivity contribution in [3.63, 3.8) is 0 Å². The van der Waals surface area contributed by atoms with Gasteiger partial charge in [0.05, 0.1) is 12.2 Å². The predicted molar refractivity (Wildman–Crippen MR) is 101 cm³/mol. The minimum Gasteiger partial charge on any atom is -0.444 e. The summed E-state index contributed by atoms with van der Waals surface area (Å²) in [4.78, 5) is 11.2. The number of likely N-dealkylation sites (N-methyl/N-ethyl adjacent to an activating group) is 1. The molecular formula is C19H27N5O. The molecule has 0 saturated carbocycles. The number of benzene rings is 1. The van der Waals surface area contributed by atoms with E-state index in [9.17, 15) is 0 Å². The lowest BCUT2D eigenvalue weighted by Crippen LogP contribution is -2.43. The lowest BCUT2D eigenvalue weighted by Gasteiger charge is -2.21. The largest absolute Gasteiger partial charge is 0.444 e. The van der Waals surface area contributed by atoms with E-state index >= 15 is 0 Å². The van der Waals surface area contributed by atoms with Crippen LogP contribution in [0.15, 0.2) is 39.9 Å². The third-order valence-electron chi connectivity index (χ3n) is 4.69. The van der Waals surface area contributed by atoms with Crippen LogP contribution in [-0.2, 0) is 6.54 Å². The van der Waals surface area contributed by atoms with Crippen LogP contribution in [-0.4, -0.2) is 49.1 Å². The number of aryl methyl sites for hydroxylation is 1. The van der Waals surface area contributed by atoms with Gasteiger partial charge in [-0.05, 0) is 45.5 Å². The summed E-state index contributed by atoms with van der Waals surface area (Å²) in [5.74, 6) is 1.44. The maximum absolute atomic E-state index is 5.59. The maximum Gasteiger partial charge on any atom is 0.226 e. The molecule has 6 nitrogen and oxygen atoms in total. The number of aromatic nitrogens is 1. The standard InChI is InChI=1S/C19H27N5O/c1-14-6-8-15(9-7-14)18-23-16(13-25-18)11-21-19(20-2)22-12-17-5-4-10-24(17)3/h6-9,13,17H,4-5,10-12H2,1-3H3,(H2,20,21,22). The third kappa shape index (κ3) is 4.60. The van der Waals surface area contributed by atoms with Crippen molar-refractivity contribution in [3.05, 3.63) is 41.8 Å². The lowest BCUT2D eigenvalue weighted by atomic mass is 10.1. The topological polar surface area (TPSA) is 65.7 Å². The van der Waals surface area contributed by atoms with Gasteiger partial charge >= 0.3 is 0 Å². The zero-order valence-electron chi connectivity index (χ0n) is 15.2. The van der Waals surface area contributed by atoms with Gasteiger partial charge in [0.15, 0.2) is 5.96 Å². The fourth-order valence-corrected chi connectivity index (χ4v) is 3.06. The molecule has 2 N–H and O–H groups in total. The van der Waals surface area contributed by atoms with Gasteiger partial charge in [0.1, 0.15) is 6.26 Å². The molecule has 1 atom stereocenters. The number of hydrogen-bond acceptors (Lipinski definition) is 4. The van der Waals surface area contributed by atoms with Crippen LogP contribution in [0, 0.1) is 6.92 Å². The van der Waals surface area contributed by atoms with Crippen molar-refractivity contribution in [1.82, 2.24) is 20.5 Å². The smallest absolute Gasteiger partial charge is 0.226 e. The van der Waals surface area contributed by atoms with Gasteiger partial charge in [-0.25, -0.2) is 4.98 Å². The monoisotopic (exact) mass is 341 g/mol. The molecule has 1 saturated heterocycles. The summed E-state index contributed by atoms with van der Waals surface area (Å²) in [5.41, 5.74) is 3.07. The van der Waals surface area contributed by atoms with E-state index < -0.39 is 0 Å². The zero-order valence-corrected chi connectivity index (χ0v) is 15.2. The number of oxazole rings is 1. The fourth-order valence-electron chi connectivity index (χ4n) is 3.06. The molecule has 0 bridgehead atoms. The molecule has 0 aliphatic carbocycles. The second-order valence-corrected chi connectivity index (χ2v) is 6.59. The Labute approximate surface area is 149 Å². The van der Waals surface area contributed by atoms with Gasteiger partial charge < -0.3 is 20.0 Å². The van der Waals surface area contributed by atoms with Crippen LogP contribution < -0.4 is 10.6 Å². The van der Waals surface area contributed by atoms with Crippen LogP contribution in [0.4, 0.5) is 0 Å². The van der Waals surface area contributed by atoms with Gasteiger partial charge in [0.2, 0.25) is 5.89 Å². The first kappa shape index (κ1) is 17.5. The molecule has 1 aliphatic rings. The molecule has 0 spiro atoms. The van der Waals surface area contributed by atoms with E-state index in [2.05, 4.69) is 51.6 Å². The Morgan fingerprint density at radius 3 is 2.80 bits per heavy atom. The first-order valence-corrected chi connectivity index (χ1v) is 8.82. The van der Waals surface area contributed by atoms with Gasteiger partial charge in [0.25, 0.3) is 0 Å². The Balaban J connectivity index is 1.51. The van der Waals surface area contributed by atoms with E-state index in [1.165, 1.54) is 24.9 Å². The third-order valence-corrected chi connectivity index (χ3v) is 4.69. The summed E-state index contributed by atoms with van der Waals surface area (Å²) in [6, 6.07) is 8.75. The summed E-state index contributed by atoms with van der Waals surface area (Å²) in [5, 5.41) is 6.69. The number of hydrogen-bond donors (Lipinski definition) is 2. The summed E-state index contributed by atoms with van der Waals surface area (Å²) in [6.07, 6.45) is 4.21.